The van der Waals surface area contributed by atoms with Crippen LogP contribution in [-0.4, -0.2) is 26.0 Å². The van der Waals surface area contributed by atoms with Crippen molar-refractivity contribution < 1.29 is 19.4 Å². The summed E-state index contributed by atoms with van der Waals surface area (Å²) in [7, 11) is 0. The Morgan fingerprint density at radius 2 is 1.81 bits per heavy atom. The van der Waals surface area contributed by atoms with Crippen LogP contribution in [0.5, 0.6) is 11.5 Å². The highest BCUT2D eigenvalue weighted by molar-refractivity contribution is 9.10. The number of nitrogens with one attached hydrogen (secondary N) is 2. The topological polar surface area (TPSA) is 153 Å². The fourth-order valence-corrected chi connectivity index (χ4v) is 3.34. The number of hydrogen-bond acceptors (Lipinski definition) is 7. The maximum atomic E-state index is 12.5. The zero-order valence-corrected chi connectivity index (χ0v) is 18.1. The normalized spacial score (nSPS) is 10.6. The first-order valence-corrected chi connectivity index (χ1v) is 9.61. The summed E-state index contributed by atoms with van der Waals surface area (Å²) in [4.78, 5) is 33.4. The summed E-state index contributed by atoms with van der Waals surface area (Å²) in [5, 5.41) is 30.5. The molecule has 160 valence electrons. The molecule has 0 unspecified atom stereocenters. The molecule has 0 bridgehead atoms. The van der Waals surface area contributed by atoms with Crippen LogP contribution in [-0.2, 0) is 0 Å². The van der Waals surface area contributed by atoms with Crippen molar-refractivity contribution in [2.75, 3.05) is 5.32 Å². The lowest BCUT2D eigenvalue weighted by molar-refractivity contribution is -0.390. The van der Waals surface area contributed by atoms with Crippen molar-refractivity contribution in [3.8, 4) is 11.5 Å². The van der Waals surface area contributed by atoms with Crippen LogP contribution >= 0.6 is 15.9 Å². The summed E-state index contributed by atoms with van der Waals surface area (Å²) in [6, 6.07) is 7.59. The van der Waals surface area contributed by atoms with Crippen LogP contribution < -0.4 is 10.1 Å². The van der Waals surface area contributed by atoms with Gasteiger partial charge in [0, 0.05) is 12.1 Å². The van der Waals surface area contributed by atoms with Crippen molar-refractivity contribution in [2.24, 2.45) is 0 Å². The van der Waals surface area contributed by atoms with Crippen molar-refractivity contribution in [1.82, 2.24) is 10.2 Å². The van der Waals surface area contributed by atoms with E-state index in [1.165, 1.54) is 12.1 Å². The Morgan fingerprint density at radius 1 is 1.10 bits per heavy atom. The number of rotatable bonds is 6. The zero-order chi connectivity index (χ0) is 22.9. The fourth-order valence-electron chi connectivity index (χ4n) is 2.83. The lowest BCUT2D eigenvalue weighted by Gasteiger charge is -2.13. The van der Waals surface area contributed by atoms with Gasteiger partial charge in [0.05, 0.1) is 16.7 Å². The summed E-state index contributed by atoms with van der Waals surface area (Å²) in [5.74, 6) is -0.616. The number of nitro groups is 2. The number of hydrogen-bond donors (Lipinski definition) is 2. The Kier molecular flexibility index (Phi) is 6.02. The van der Waals surface area contributed by atoms with Crippen molar-refractivity contribution in [3.63, 3.8) is 0 Å². The number of benzene rings is 2. The summed E-state index contributed by atoms with van der Waals surface area (Å²) in [5.41, 5.74) is 2.32. The van der Waals surface area contributed by atoms with Crippen LogP contribution in [0.1, 0.15) is 27.2 Å². The summed E-state index contributed by atoms with van der Waals surface area (Å²) in [6.45, 7) is 5.70. The molecule has 3 aromatic rings. The van der Waals surface area contributed by atoms with E-state index in [4.69, 9.17) is 4.74 Å². The number of halogens is 1. The molecule has 2 N–H and O–H groups in total. The quantitative estimate of drug-likeness (QED) is 0.366. The molecule has 1 aromatic heterocycles. The Labute approximate surface area is 183 Å². The van der Waals surface area contributed by atoms with Crippen molar-refractivity contribution in [1.29, 1.82) is 0 Å². The minimum absolute atomic E-state index is 0.0637. The second kappa shape index (κ2) is 8.52. The number of amides is 1. The van der Waals surface area contributed by atoms with Crippen LogP contribution in [0, 0.1) is 41.0 Å². The predicted molar refractivity (Wildman–Crippen MR) is 115 cm³/mol. The number of aromatic amines is 1. The first-order valence-electron chi connectivity index (χ1n) is 8.81. The van der Waals surface area contributed by atoms with E-state index in [0.717, 1.165) is 22.8 Å². The average Bonchev–Trinajstić information content (AvgIpc) is 3.07. The van der Waals surface area contributed by atoms with E-state index >= 15 is 0 Å². The maximum Gasteiger partial charge on any atom is 0.357 e. The van der Waals surface area contributed by atoms with Gasteiger partial charge in [-0.3, -0.25) is 14.9 Å². The molecule has 1 heterocycles. The van der Waals surface area contributed by atoms with Gasteiger partial charge in [0.1, 0.15) is 16.0 Å². The van der Waals surface area contributed by atoms with Gasteiger partial charge in [0.25, 0.3) is 11.6 Å². The first-order chi connectivity index (χ1) is 14.6. The number of nitrogens with zero attached hydrogens (tertiary/aromatic N) is 3. The molecule has 0 radical (unpaired) electrons. The number of non-ortho nitro benzene ring substituents is 1. The smallest absolute Gasteiger partial charge is 0.357 e. The SMILES string of the molecule is Cc1cc(C)c(C)c(Oc2cc(NC(=O)c3n[nH]c([N+](=O)[O-])c3Br)cc([N+](=O)[O-])c2)c1. The minimum atomic E-state index is -0.801. The number of carbonyl (C=O) groups excluding carboxylic acids is 1. The van der Waals surface area contributed by atoms with Gasteiger partial charge in [-0.05, 0) is 64.4 Å². The van der Waals surface area contributed by atoms with Gasteiger partial charge < -0.3 is 20.2 Å². The molecule has 3 rings (SSSR count). The molecule has 11 nitrogen and oxygen atoms in total. The van der Waals surface area contributed by atoms with Gasteiger partial charge in [-0.1, -0.05) is 11.2 Å². The molecule has 0 aliphatic carbocycles. The Bertz CT molecular complexity index is 1220. The summed E-state index contributed by atoms with van der Waals surface area (Å²) in [6.07, 6.45) is 0. The molecular formula is C19H16BrN5O6. The lowest BCUT2D eigenvalue weighted by atomic mass is 10.1. The van der Waals surface area contributed by atoms with E-state index in [0.29, 0.717) is 5.75 Å². The van der Waals surface area contributed by atoms with Crippen molar-refractivity contribution in [2.45, 2.75) is 20.8 Å². The molecule has 0 atom stereocenters. The number of carbonyl (C=O) groups is 1. The third-order valence-electron chi connectivity index (χ3n) is 4.44. The highest BCUT2D eigenvalue weighted by atomic mass is 79.9. The second-order valence-corrected chi connectivity index (χ2v) is 7.52. The maximum absolute atomic E-state index is 12.5. The third kappa shape index (κ3) is 4.69. The van der Waals surface area contributed by atoms with E-state index in [1.807, 2.05) is 26.8 Å². The van der Waals surface area contributed by atoms with Gasteiger partial charge in [-0.2, -0.15) is 0 Å². The van der Waals surface area contributed by atoms with Gasteiger partial charge in [-0.15, -0.1) is 5.10 Å². The highest BCUT2D eigenvalue weighted by Gasteiger charge is 2.25. The number of aromatic nitrogens is 2. The zero-order valence-electron chi connectivity index (χ0n) is 16.6. The number of H-pyrrole nitrogens is 1. The van der Waals surface area contributed by atoms with E-state index in [2.05, 4.69) is 31.4 Å². The standard InChI is InChI=1S/C19H16BrN5O6/c1-9-4-10(2)11(3)15(5-9)31-14-7-12(6-13(8-14)24(27)28)21-19(26)17-16(20)18(23-22-17)25(29)30/h4-8H,1-3H3,(H,21,26)(H,22,23). The highest BCUT2D eigenvalue weighted by Crippen LogP contribution is 2.33. The lowest BCUT2D eigenvalue weighted by Crippen LogP contribution is -2.13. The number of anilines is 1. The second-order valence-electron chi connectivity index (χ2n) is 6.73. The average molecular weight is 490 g/mol. The molecule has 0 saturated carbocycles. The summed E-state index contributed by atoms with van der Waals surface area (Å²) < 4.78 is 5.74. The van der Waals surface area contributed by atoms with E-state index < -0.39 is 21.6 Å². The van der Waals surface area contributed by atoms with Crippen LogP contribution in [0.3, 0.4) is 0 Å². The van der Waals surface area contributed by atoms with Crippen LogP contribution in [0.2, 0.25) is 0 Å². The molecule has 0 saturated heterocycles. The molecule has 12 heteroatoms. The molecule has 1 amide bonds. The molecule has 0 fully saturated rings. The number of nitro benzene ring substituents is 1. The predicted octanol–water partition coefficient (Wildman–Crippen LogP) is 4.96. The van der Waals surface area contributed by atoms with Gasteiger partial charge in [0.15, 0.2) is 5.69 Å². The van der Waals surface area contributed by atoms with Gasteiger partial charge >= 0.3 is 5.82 Å². The Balaban J connectivity index is 1.95. The Hall–Kier alpha value is -3.80. The largest absolute Gasteiger partial charge is 0.457 e. The van der Waals surface area contributed by atoms with Crippen LogP contribution in [0.4, 0.5) is 17.2 Å². The van der Waals surface area contributed by atoms with Crippen LogP contribution in [0.25, 0.3) is 0 Å². The number of aryl methyl sites for hydroxylation is 2. The molecule has 0 spiro atoms. The fraction of sp³-hybridized carbons (Fsp3) is 0.158. The summed E-state index contributed by atoms with van der Waals surface area (Å²) >= 11 is 2.95. The van der Waals surface area contributed by atoms with E-state index in [9.17, 15) is 25.0 Å². The Morgan fingerprint density at radius 3 is 2.42 bits per heavy atom. The molecule has 0 aliphatic heterocycles. The number of ether oxygens (including phenoxy) is 1. The third-order valence-corrected chi connectivity index (χ3v) is 5.19. The minimum Gasteiger partial charge on any atom is -0.457 e. The van der Waals surface area contributed by atoms with E-state index in [-0.39, 0.29) is 27.3 Å². The van der Waals surface area contributed by atoms with Crippen LogP contribution in [0.15, 0.2) is 34.8 Å². The van der Waals surface area contributed by atoms with Gasteiger partial charge in [0.2, 0.25) is 0 Å². The molecule has 0 aliphatic rings. The monoisotopic (exact) mass is 489 g/mol. The molecule has 2 aromatic carbocycles. The van der Waals surface area contributed by atoms with E-state index in [1.54, 1.807) is 6.07 Å². The van der Waals surface area contributed by atoms with Gasteiger partial charge in [-0.25, -0.2) is 0 Å². The first kappa shape index (κ1) is 21.9. The molecule has 31 heavy (non-hydrogen) atoms. The van der Waals surface area contributed by atoms with Crippen molar-refractivity contribution >= 4 is 39.0 Å². The molecular weight excluding hydrogens is 474 g/mol. The van der Waals surface area contributed by atoms with Crippen molar-refractivity contribution in [3.05, 3.63) is 77.4 Å².